The number of aromatic nitrogens is 2. The zero-order chi connectivity index (χ0) is 21.5. The average molecular weight is 553 g/mol. The molecule has 1 N–H and O–H groups in total. The van der Waals surface area contributed by atoms with Gasteiger partial charge in [-0.15, -0.1) is 24.0 Å². The molecule has 2 atom stereocenters. The number of fused-ring (bicyclic) bond motifs is 1. The molecule has 32 heavy (non-hydrogen) atoms. The van der Waals surface area contributed by atoms with Crippen LogP contribution in [-0.4, -0.2) is 64.7 Å². The van der Waals surface area contributed by atoms with Gasteiger partial charge >= 0.3 is 0 Å². The van der Waals surface area contributed by atoms with Gasteiger partial charge in [0, 0.05) is 45.2 Å². The molecule has 8 heteroatoms. The number of nitrogens with zero attached hydrogens (tertiary/aromatic N) is 5. The van der Waals surface area contributed by atoms with E-state index in [1.54, 1.807) is 0 Å². The molecule has 3 heterocycles. The lowest BCUT2D eigenvalue weighted by molar-refractivity contribution is 0.0372. The topological polar surface area (TPSA) is 69.8 Å². The van der Waals surface area contributed by atoms with Gasteiger partial charge in [-0.1, -0.05) is 35.5 Å². The molecule has 0 saturated carbocycles. The first-order valence-electron chi connectivity index (χ1n) is 11.8. The van der Waals surface area contributed by atoms with Gasteiger partial charge in [0.2, 0.25) is 5.89 Å². The Balaban J connectivity index is 0.00000289. The van der Waals surface area contributed by atoms with Gasteiger partial charge in [-0.3, -0.25) is 9.89 Å². The summed E-state index contributed by atoms with van der Waals surface area (Å²) in [4.78, 5) is 14.4. The van der Waals surface area contributed by atoms with E-state index in [0.717, 1.165) is 57.4 Å². The number of likely N-dealkylation sites (tertiary alicyclic amines) is 2. The molecule has 0 radical (unpaired) electrons. The van der Waals surface area contributed by atoms with Crippen LogP contribution in [0.4, 0.5) is 0 Å². The zero-order valence-corrected chi connectivity index (χ0v) is 21.7. The lowest BCUT2D eigenvalue weighted by Crippen LogP contribution is -2.56. The molecule has 2 aliphatic rings. The molecular formula is C24H37IN6O. The molecule has 176 valence electrons. The van der Waals surface area contributed by atoms with Crippen molar-refractivity contribution in [2.75, 3.05) is 32.7 Å². The second-order valence-electron chi connectivity index (χ2n) is 8.73. The molecule has 2 fully saturated rings. The first-order valence-corrected chi connectivity index (χ1v) is 11.8. The van der Waals surface area contributed by atoms with Crippen LogP contribution in [0, 0.1) is 12.8 Å². The minimum absolute atomic E-state index is 0. The minimum Gasteiger partial charge on any atom is -0.357 e. The molecule has 2 saturated heterocycles. The van der Waals surface area contributed by atoms with E-state index in [1.807, 2.05) is 6.92 Å². The fourth-order valence-electron chi connectivity index (χ4n) is 5.00. The van der Waals surface area contributed by atoms with Gasteiger partial charge in [0.25, 0.3) is 0 Å². The Labute approximate surface area is 209 Å². The van der Waals surface area contributed by atoms with Crippen molar-refractivity contribution in [2.45, 2.75) is 58.5 Å². The smallest absolute Gasteiger partial charge is 0.226 e. The monoisotopic (exact) mass is 552 g/mol. The highest BCUT2D eigenvalue weighted by Gasteiger charge is 2.36. The number of rotatable bonds is 7. The van der Waals surface area contributed by atoms with E-state index in [9.17, 15) is 0 Å². The third kappa shape index (κ3) is 6.66. The number of halogens is 1. The summed E-state index contributed by atoms with van der Waals surface area (Å²) in [6.07, 6.45) is 5.52. The Hall–Kier alpha value is -1.68. The summed E-state index contributed by atoms with van der Waals surface area (Å²) in [7, 11) is 0. The Morgan fingerprint density at radius 3 is 2.81 bits per heavy atom. The van der Waals surface area contributed by atoms with Crippen molar-refractivity contribution in [1.82, 2.24) is 25.3 Å². The van der Waals surface area contributed by atoms with E-state index >= 15 is 0 Å². The molecule has 0 bridgehead atoms. The molecule has 0 spiro atoms. The van der Waals surface area contributed by atoms with Crippen LogP contribution in [0.15, 0.2) is 39.8 Å². The highest BCUT2D eigenvalue weighted by Crippen LogP contribution is 2.31. The second kappa shape index (κ2) is 12.5. The largest absolute Gasteiger partial charge is 0.357 e. The third-order valence-corrected chi connectivity index (χ3v) is 6.43. The molecule has 1 aromatic heterocycles. The molecule has 1 aromatic carbocycles. The summed E-state index contributed by atoms with van der Waals surface area (Å²) < 4.78 is 5.21. The van der Waals surface area contributed by atoms with E-state index in [-0.39, 0.29) is 24.0 Å². The van der Waals surface area contributed by atoms with E-state index in [4.69, 9.17) is 9.52 Å². The quantitative estimate of drug-likeness (QED) is 0.244. The van der Waals surface area contributed by atoms with Crippen LogP contribution in [0.3, 0.4) is 0 Å². The molecule has 2 aliphatic heterocycles. The van der Waals surface area contributed by atoms with E-state index in [1.165, 1.54) is 31.4 Å². The predicted molar refractivity (Wildman–Crippen MR) is 138 cm³/mol. The summed E-state index contributed by atoms with van der Waals surface area (Å²) >= 11 is 0. The molecule has 2 unspecified atom stereocenters. The minimum atomic E-state index is 0. The molecule has 0 aliphatic carbocycles. The van der Waals surface area contributed by atoms with Gasteiger partial charge in [0.1, 0.15) is 0 Å². The van der Waals surface area contributed by atoms with E-state index in [0.29, 0.717) is 17.8 Å². The van der Waals surface area contributed by atoms with Gasteiger partial charge in [0.15, 0.2) is 11.8 Å². The molecule has 0 amide bonds. The van der Waals surface area contributed by atoms with Crippen molar-refractivity contribution in [1.29, 1.82) is 0 Å². The van der Waals surface area contributed by atoms with Gasteiger partial charge in [-0.05, 0) is 57.6 Å². The van der Waals surface area contributed by atoms with Crippen LogP contribution < -0.4 is 5.32 Å². The van der Waals surface area contributed by atoms with Gasteiger partial charge in [-0.25, -0.2) is 0 Å². The first kappa shape index (κ1) is 25.0. The second-order valence-corrected chi connectivity index (χ2v) is 8.73. The van der Waals surface area contributed by atoms with Crippen LogP contribution in [-0.2, 0) is 13.0 Å². The fourth-order valence-corrected chi connectivity index (χ4v) is 5.00. The number of guanidine groups is 1. The Morgan fingerprint density at radius 2 is 2.06 bits per heavy atom. The van der Waals surface area contributed by atoms with E-state index < -0.39 is 0 Å². The van der Waals surface area contributed by atoms with Crippen LogP contribution in [0.2, 0.25) is 0 Å². The Bertz CT molecular complexity index is 842. The maximum Gasteiger partial charge on any atom is 0.226 e. The highest BCUT2D eigenvalue weighted by atomic mass is 127. The number of aliphatic imine (C=N–C) groups is 1. The lowest BCUT2D eigenvalue weighted by atomic mass is 9.83. The summed E-state index contributed by atoms with van der Waals surface area (Å²) in [5.74, 6) is 3.18. The number of benzene rings is 1. The molecule has 2 aromatic rings. The predicted octanol–water partition coefficient (Wildman–Crippen LogP) is 3.88. The van der Waals surface area contributed by atoms with Crippen LogP contribution >= 0.6 is 24.0 Å². The third-order valence-electron chi connectivity index (χ3n) is 6.43. The summed E-state index contributed by atoms with van der Waals surface area (Å²) in [6, 6.07) is 11.6. The van der Waals surface area contributed by atoms with Crippen LogP contribution in [0.5, 0.6) is 0 Å². The standard InChI is InChI=1S/C24H36N6O.HI/c1-3-25-24(26-14-7-12-23-27-19(2)28-31-23)30-16-13-22-21(18-30)11-8-15-29(22)17-20-9-5-4-6-10-20;/h4-6,9-10,21-22H,3,7-8,11-18H2,1-2H3,(H,25,26);1H. The van der Waals surface area contributed by atoms with Crippen molar-refractivity contribution in [3.63, 3.8) is 0 Å². The van der Waals surface area contributed by atoms with Crippen molar-refractivity contribution < 1.29 is 4.52 Å². The van der Waals surface area contributed by atoms with Crippen molar-refractivity contribution in [3.8, 4) is 0 Å². The van der Waals surface area contributed by atoms with Crippen LogP contribution in [0.25, 0.3) is 0 Å². The number of nitrogens with one attached hydrogen (secondary N) is 1. The lowest BCUT2D eigenvalue weighted by Gasteiger charge is -2.48. The number of piperidine rings is 2. The van der Waals surface area contributed by atoms with Crippen molar-refractivity contribution >= 4 is 29.9 Å². The average Bonchev–Trinajstić information content (AvgIpc) is 3.21. The normalized spacial score (nSPS) is 21.7. The van der Waals surface area contributed by atoms with Crippen LogP contribution in [0.1, 0.15) is 49.9 Å². The van der Waals surface area contributed by atoms with E-state index in [2.05, 4.69) is 62.5 Å². The SMILES string of the molecule is CCNC(=NCCCc1nc(C)no1)N1CCC2C(CCCN2Cc2ccccc2)C1.I. The Morgan fingerprint density at radius 1 is 1.22 bits per heavy atom. The summed E-state index contributed by atoms with van der Waals surface area (Å²) in [6.45, 7) is 10.1. The molecular weight excluding hydrogens is 515 g/mol. The highest BCUT2D eigenvalue weighted by molar-refractivity contribution is 14.0. The van der Waals surface area contributed by atoms with Gasteiger partial charge in [0.05, 0.1) is 0 Å². The number of hydrogen-bond acceptors (Lipinski definition) is 5. The maximum atomic E-state index is 5.21. The first-order chi connectivity index (χ1) is 15.2. The maximum absolute atomic E-state index is 5.21. The number of hydrogen-bond donors (Lipinski definition) is 1. The zero-order valence-electron chi connectivity index (χ0n) is 19.4. The Kier molecular flexibility index (Phi) is 9.77. The fraction of sp³-hybridized carbons (Fsp3) is 0.625. The summed E-state index contributed by atoms with van der Waals surface area (Å²) in [5, 5.41) is 7.37. The van der Waals surface area contributed by atoms with Gasteiger partial charge < -0.3 is 14.7 Å². The van der Waals surface area contributed by atoms with Crippen molar-refractivity contribution in [2.24, 2.45) is 10.9 Å². The summed E-state index contributed by atoms with van der Waals surface area (Å²) in [5.41, 5.74) is 1.43. The van der Waals surface area contributed by atoms with Gasteiger partial charge in [-0.2, -0.15) is 4.98 Å². The molecule has 7 nitrogen and oxygen atoms in total. The van der Waals surface area contributed by atoms with Crippen molar-refractivity contribution in [3.05, 3.63) is 47.6 Å². The molecule has 4 rings (SSSR count). The number of aryl methyl sites for hydroxylation is 2.